The van der Waals surface area contributed by atoms with Crippen LogP contribution in [0.15, 0.2) is 83.8 Å². The molecule has 0 radical (unpaired) electrons. The van der Waals surface area contributed by atoms with E-state index in [9.17, 15) is 18.0 Å². The van der Waals surface area contributed by atoms with E-state index in [1.54, 1.807) is 49.6 Å². The summed E-state index contributed by atoms with van der Waals surface area (Å²) in [6, 6.07) is 21.7. The maximum atomic E-state index is 14.1. The third kappa shape index (κ3) is 7.17. The first-order valence-electron chi connectivity index (χ1n) is 13.1. The van der Waals surface area contributed by atoms with Gasteiger partial charge < -0.3 is 15.0 Å². The van der Waals surface area contributed by atoms with E-state index in [0.717, 1.165) is 15.4 Å². The van der Waals surface area contributed by atoms with Crippen molar-refractivity contribution in [3.63, 3.8) is 0 Å². The number of anilines is 1. The van der Waals surface area contributed by atoms with Crippen LogP contribution in [0.25, 0.3) is 0 Å². The van der Waals surface area contributed by atoms with Crippen LogP contribution in [0.5, 0.6) is 5.75 Å². The molecule has 3 rings (SSSR count). The van der Waals surface area contributed by atoms with E-state index in [-0.39, 0.29) is 17.3 Å². The SMILES string of the molecule is CCNC(=O)[C@@H](CC)N(Cc1cccc(OC)c1)C(=O)CN(c1ccccc1CC)S(=O)(=O)c1ccccc1. The molecular formula is C30H37N3O5S. The van der Waals surface area contributed by atoms with Crippen LogP contribution in [0.2, 0.25) is 0 Å². The van der Waals surface area contributed by atoms with Crippen molar-refractivity contribution >= 4 is 27.5 Å². The van der Waals surface area contributed by atoms with E-state index in [1.165, 1.54) is 17.0 Å². The number of nitrogens with one attached hydrogen (secondary N) is 1. The first kappa shape index (κ1) is 29.7. The van der Waals surface area contributed by atoms with Gasteiger partial charge >= 0.3 is 0 Å². The van der Waals surface area contributed by atoms with Crippen molar-refractivity contribution < 1.29 is 22.7 Å². The van der Waals surface area contributed by atoms with Gasteiger partial charge in [-0.25, -0.2) is 8.42 Å². The van der Waals surface area contributed by atoms with Crippen molar-refractivity contribution in [2.24, 2.45) is 0 Å². The second-order valence-corrected chi connectivity index (χ2v) is 10.9. The Balaban J connectivity index is 2.09. The van der Waals surface area contributed by atoms with Crippen LogP contribution in [-0.2, 0) is 32.6 Å². The van der Waals surface area contributed by atoms with Gasteiger partial charge in [0.2, 0.25) is 11.8 Å². The lowest BCUT2D eigenvalue weighted by molar-refractivity contribution is -0.140. The maximum Gasteiger partial charge on any atom is 0.264 e. The fourth-order valence-corrected chi connectivity index (χ4v) is 5.94. The zero-order valence-corrected chi connectivity index (χ0v) is 23.8. The van der Waals surface area contributed by atoms with E-state index < -0.39 is 28.5 Å². The van der Waals surface area contributed by atoms with Crippen LogP contribution < -0.4 is 14.4 Å². The average molecular weight is 552 g/mol. The Hall–Kier alpha value is -3.85. The van der Waals surface area contributed by atoms with Gasteiger partial charge in [-0.1, -0.05) is 62.4 Å². The minimum absolute atomic E-state index is 0.0822. The van der Waals surface area contributed by atoms with Crippen molar-refractivity contribution in [2.75, 3.05) is 24.5 Å². The first-order valence-corrected chi connectivity index (χ1v) is 14.6. The van der Waals surface area contributed by atoms with Crippen molar-refractivity contribution in [1.82, 2.24) is 10.2 Å². The molecule has 2 amide bonds. The van der Waals surface area contributed by atoms with Crippen molar-refractivity contribution in [2.45, 2.75) is 51.1 Å². The predicted molar refractivity (Wildman–Crippen MR) is 153 cm³/mol. The maximum absolute atomic E-state index is 14.1. The second-order valence-electron chi connectivity index (χ2n) is 9.00. The molecule has 208 valence electrons. The molecule has 0 fully saturated rings. The average Bonchev–Trinajstić information content (AvgIpc) is 2.96. The van der Waals surface area contributed by atoms with Gasteiger partial charge in [0.15, 0.2) is 0 Å². The van der Waals surface area contributed by atoms with Crippen LogP contribution >= 0.6 is 0 Å². The smallest absolute Gasteiger partial charge is 0.264 e. The standard InChI is InChI=1S/C30H37N3O5S/c1-5-24-15-11-12-19-28(24)33(39(36,37)26-17-9-8-10-18-26)22-29(34)32(27(6-2)30(35)31-7-3)21-23-14-13-16-25(20-23)38-4/h8-20,27H,5-7,21-22H2,1-4H3,(H,31,35)/t27-/m1/s1. The minimum Gasteiger partial charge on any atom is -0.497 e. The summed E-state index contributed by atoms with van der Waals surface area (Å²) in [6.45, 7) is 5.64. The molecule has 0 aliphatic rings. The Bertz CT molecular complexity index is 1360. The molecule has 0 unspecified atom stereocenters. The van der Waals surface area contributed by atoms with Crippen LogP contribution in [-0.4, -0.2) is 51.4 Å². The zero-order valence-electron chi connectivity index (χ0n) is 23.0. The van der Waals surface area contributed by atoms with Crippen LogP contribution in [0.4, 0.5) is 5.69 Å². The van der Waals surface area contributed by atoms with Gasteiger partial charge in [-0.15, -0.1) is 0 Å². The summed E-state index contributed by atoms with van der Waals surface area (Å²) in [5.41, 5.74) is 1.99. The highest BCUT2D eigenvalue weighted by molar-refractivity contribution is 7.92. The number of amides is 2. The summed E-state index contributed by atoms with van der Waals surface area (Å²) in [7, 11) is -2.54. The zero-order chi connectivity index (χ0) is 28.4. The quantitative estimate of drug-likeness (QED) is 0.340. The van der Waals surface area contributed by atoms with Crippen molar-refractivity contribution in [1.29, 1.82) is 0 Å². The Kier molecular flexibility index (Phi) is 10.5. The van der Waals surface area contributed by atoms with Gasteiger partial charge in [-0.05, 0) is 61.2 Å². The van der Waals surface area contributed by atoms with Gasteiger partial charge in [0.25, 0.3) is 10.0 Å². The Morgan fingerprint density at radius 3 is 2.26 bits per heavy atom. The Morgan fingerprint density at radius 1 is 0.923 bits per heavy atom. The third-order valence-corrected chi connectivity index (χ3v) is 8.25. The number of sulfonamides is 1. The molecule has 0 aliphatic carbocycles. The van der Waals surface area contributed by atoms with E-state index in [0.29, 0.717) is 30.8 Å². The lowest BCUT2D eigenvalue weighted by atomic mass is 10.1. The molecule has 8 nitrogen and oxygen atoms in total. The lowest BCUT2D eigenvalue weighted by Crippen LogP contribution is -2.52. The molecule has 3 aromatic carbocycles. The summed E-state index contributed by atoms with van der Waals surface area (Å²) in [4.78, 5) is 28.7. The summed E-state index contributed by atoms with van der Waals surface area (Å²) in [5, 5.41) is 2.81. The highest BCUT2D eigenvalue weighted by Gasteiger charge is 2.34. The van der Waals surface area contributed by atoms with Gasteiger partial charge in [0.1, 0.15) is 18.3 Å². The Labute approximate surface area is 231 Å². The number of benzene rings is 3. The van der Waals surface area contributed by atoms with E-state index in [2.05, 4.69) is 5.32 Å². The number of methoxy groups -OCH3 is 1. The molecular weight excluding hydrogens is 514 g/mol. The van der Waals surface area contributed by atoms with E-state index in [1.807, 2.05) is 45.0 Å². The number of nitrogens with zero attached hydrogens (tertiary/aromatic N) is 2. The summed E-state index contributed by atoms with van der Waals surface area (Å²) < 4.78 is 34.4. The number of hydrogen-bond acceptors (Lipinski definition) is 5. The number of likely N-dealkylation sites (N-methyl/N-ethyl adjacent to an activating group) is 1. The van der Waals surface area contributed by atoms with Crippen LogP contribution in [0.1, 0.15) is 38.3 Å². The van der Waals surface area contributed by atoms with Gasteiger partial charge in [0, 0.05) is 13.1 Å². The molecule has 3 aromatic rings. The summed E-state index contributed by atoms with van der Waals surface area (Å²) in [5.74, 6) is -0.153. The molecule has 0 spiro atoms. The molecule has 0 saturated heterocycles. The van der Waals surface area contributed by atoms with E-state index >= 15 is 0 Å². The fourth-order valence-electron chi connectivity index (χ4n) is 4.47. The van der Waals surface area contributed by atoms with Gasteiger partial charge in [-0.3, -0.25) is 13.9 Å². The van der Waals surface area contributed by atoms with E-state index in [4.69, 9.17) is 4.74 Å². The molecule has 39 heavy (non-hydrogen) atoms. The minimum atomic E-state index is -4.10. The molecule has 0 heterocycles. The number of hydrogen-bond donors (Lipinski definition) is 1. The fraction of sp³-hybridized carbons (Fsp3) is 0.333. The molecule has 1 atom stereocenters. The first-order chi connectivity index (χ1) is 18.8. The van der Waals surface area contributed by atoms with Gasteiger partial charge in [0.05, 0.1) is 17.7 Å². The molecule has 9 heteroatoms. The molecule has 0 saturated carbocycles. The van der Waals surface area contributed by atoms with Crippen molar-refractivity contribution in [3.8, 4) is 5.75 Å². The highest BCUT2D eigenvalue weighted by Crippen LogP contribution is 2.28. The number of aryl methyl sites for hydroxylation is 1. The number of ether oxygens (including phenoxy) is 1. The van der Waals surface area contributed by atoms with Gasteiger partial charge in [-0.2, -0.15) is 0 Å². The topological polar surface area (TPSA) is 96.0 Å². The Morgan fingerprint density at radius 2 is 1.62 bits per heavy atom. The van der Waals surface area contributed by atoms with Crippen LogP contribution in [0, 0.1) is 0 Å². The second kappa shape index (κ2) is 13.8. The lowest BCUT2D eigenvalue weighted by Gasteiger charge is -2.33. The molecule has 0 aromatic heterocycles. The summed E-state index contributed by atoms with van der Waals surface area (Å²) >= 11 is 0. The molecule has 0 aliphatic heterocycles. The molecule has 0 bridgehead atoms. The predicted octanol–water partition coefficient (Wildman–Crippen LogP) is 4.40. The number of para-hydroxylation sites is 1. The summed E-state index contributed by atoms with van der Waals surface area (Å²) in [6.07, 6.45) is 0.938. The number of rotatable bonds is 13. The highest BCUT2D eigenvalue weighted by atomic mass is 32.2. The monoisotopic (exact) mass is 551 g/mol. The third-order valence-electron chi connectivity index (χ3n) is 6.48. The largest absolute Gasteiger partial charge is 0.497 e. The number of carbonyl (C=O) groups is 2. The van der Waals surface area contributed by atoms with Crippen LogP contribution in [0.3, 0.4) is 0 Å². The molecule has 1 N–H and O–H groups in total. The number of carbonyl (C=O) groups excluding carboxylic acids is 2. The normalized spacial score (nSPS) is 11.9. The van der Waals surface area contributed by atoms with Crippen molar-refractivity contribution in [3.05, 3.63) is 90.0 Å².